The van der Waals surface area contributed by atoms with Crippen molar-refractivity contribution in [2.75, 3.05) is 0 Å². The first kappa shape index (κ1) is 16.0. The Labute approximate surface area is 114 Å². The van der Waals surface area contributed by atoms with Gasteiger partial charge in [-0.25, -0.2) is 0 Å². The average molecular weight is 254 g/mol. The molecule has 0 aromatic carbocycles. The normalized spacial score (nSPS) is 28.0. The predicted octanol–water partition coefficient (Wildman–Crippen LogP) is 4.25. The van der Waals surface area contributed by atoms with Crippen molar-refractivity contribution in [3.05, 3.63) is 0 Å². The number of hydrazine groups is 1. The summed E-state index contributed by atoms with van der Waals surface area (Å²) in [6.45, 7) is 7.00. The number of unbranched alkanes of at least 4 members (excludes halogenated alkanes) is 1. The fraction of sp³-hybridized carbons (Fsp3) is 1.00. The molecular weight excluding hydrogens is 220 g/mol. The fourth-order valence-corrected chi connectivity index (χ4v) is 3.43. The first-order valence-electron chi connectivity index (χ1n) is 8.17. The van der Waals surface area contributed by atoms with Gasteiger partial charge in [0.15, 0.2) is 0 Å². The van der Waals surface area contributed by atoms with Gasteiger partial charge in [-0.2, -0.15) is 0 Å². The van der Waals surface area contributed by atoms with E-state index < -0.39 is 0 Å². The molecule has 2 unspecified atom stereocenters. The van der Waals surface area contributed by atoms with Crippen LogP contribution in [-0.2, 0) is 0 Å². The van der Waals surface area contributed by atoms with Crippen LogP contribution in [0.1, 0.15) is 78.6 Å². The summed E-state index contributed by atoms with van der Waals surface area (Å²) in [6.07, 6.45) is 12.2. The zero-order valence-electron chi connectivity index (χ0n) is 12.8. The first-order chi connectivity index (χ1) is 8.71. The molecule has 0 bridgehead atoms. The minimum absolute atomic E-state index is 0.555. The second kappa shape index (κ2) is 8.92. The molecule has 2 heteroatoms. The third-order valence-corrected chi connectivity index (χ3v) is 4.97. The quantitative estimate of drug-likeness (QED) is 0.502. The monoisotopic (exact) mass is 254 g/mol. The van der Waals surface area contributed by atoms with E-state index in [0.29, 0.717) is 6.04 Å². The van der Waals surface area contributed by atoms with E-state index in [9.17, 15) is 0 Å². The van der Waals surface area contributed by atoms with Gasteiger partial charge in [0, 0.05) is 6.04 Å². The standard InChI is InChI=1S/C16H34N2/c1-4-6-7-14(5-2)12-16(18-17)15-10-8-13(3)9-11-15/h13-16,18H,4-12,17H2,1-3H3. The van der Waals surface area contributed by atoms with E-state index in [4.69, 9.17) is 5.84 Å². The summed E-state index contributed by atoms with van der Waals surface area (Å²) in [4.78, 5) is 0. The second-order valence-electron chi connectivity index (χ2n) is 6.45. The van der Waals surface area contributed by atoms with E-state index in [1.165, 1.54) is 57.8 Å². The molecule has 0 radical (unpaired) electrons. The van der Waals surface area contributed by atoms with E-state index >= 15 is 0 Å². The summed E-state index contributed by atoms with van der Waals surface area (Å²) >= 11 is 0. The number of hydrogen-bond donors (Lipinski definition) is 2. The smallest absolute Gasteiger partial charge is 0.0241 e. The maximum Gasteiger partial charge on any atom is 0.0241 e. The molecule has 0 heterocycles. The molecule has 1 aliphatic rings. The molecule has 0 amide bonds. The first-order valence-corrected chi connectivity index (χ1v) is 8.17. The number of rotatable bonds is 8. The molecular formula is C16H34N2. The maximum atomic E-state index is 5.82. The lowest BCUT2D eigenvalue weighted by molar-refractivity contribution is 0.201. The van der Waals surface area contributed by atoms with Crippen LogP contribution < -0.4 is 11.3 Å². The summed E-state index contributed by atoms with van der Waals surface area (Å²) in [5.41, 5.74) is 3.13. The van der Waals surface area contributed by atoms with Gasteiger partial charge in [-0.15, -0.1) is 0 Å². The number of nitrogens with one attached hydrogen (secondary N) is 1. The largest absolute Gasteiger partial charge is 0.271 e. The van der Waals surface area contributed by atoms with Crippen LogP contribution >= 0.6 is 0 Å². The van der Waals surface area contributed by atoms with Crippen LogP contribution in [0, 0.1) is 17.8 Å². The van der Waals surface area contributed by atoms with Crippen molar-refractivity contribution in [1.82, 2.24) is 5.43 Å². The molecule has 2 nitrogen and oxygen atoms in total. The third-order valence-electron chi connectivity index (χ3n) is 4.97. The van der Waals surface area contributed by atoms with Gasteiger partial charge in [0.2, 0.25) is 0 Å². The highest BCUT2D eigenvalue weighted by atomic mass is 15.2. The summed E-state index contributed by atoms with van der Waals surface area (Å²) < 4.78 is 0. The van der Waals surface area contributed by atoms with Crippen molar-refractivity contribution in [2.45, 2.75) is 84.6 Å². The van der Waals surface area contributed by atoms with Crippen LogP contribution in [-0.4, -0.2) is 6.04 Å². The molecule has 1 fully saturated rings. The van der Waals surface area contributed by atoms with Crippen molar-refractivity contribution >= 4 is 0 Å². The molecule has 0 spiro atoms. The van der Waals surface area contributed by atoms with Gasteiger partial charge in [0.1, 0.15) is 0 Å². The summed E-state index contributed by atoms with van der Waals surface area (Å²) in [5.74, 6) is 8.44. The van der Waals surface area contributed by atoms with Gasteiger partial charge in [-0.05, 0) is 37.0 Å². The van der Waals surface area contributed by atoms with E-state index in [2.05, 4.69) is 26.2 Å². The van der Waals surface area contributed by atoms with Gasteiger partial charge in [-0.1, -0.05) is 59.3 Å². The van der Waals surface area contributed by atoms with Crippen LogP contribution in [0.4, 0.5) is 0 Å². The Balaban J connectivity index is 2.39. The molecule has 0 saturated heterocycles. The zero-order valence-corrected chi connectivity index (χ0v) is 12.8. The van der Waals surface area contributed by atoms with Gasteiger partial charge in [-0.3, -0.25) is 11.3 Å². The van der Waals surface area contributed by atoms with E-state index in [0.717, 1.165) is 17.8 Å². The Hall–Kier alpha value is -0.0800. The molecule has 0 aromatic rings. The van der Waals surface area contributed by atoms with Crippen LogP contribution in [0.15, 0.2) is 0 Å². The molecule has 2 atom stereocenters. The minimum atomic E-state index is 0.555. The van der Waals surface area contributed by atoms with Crippen LogP contribution in [0.5, 0.6) is 0 Å². The van der Waals surface area contributed by atoms with Crippen LogP contribution in [0.25, 0.3) is 0 Å². The second-order valence-corrected chi connectivity index (χ2v) is 6.45. The lowest BCUT2D eigenvalue weighted by atomic mass is 9.76. The van der Waals surface area contributed by atoms with Gasteiger partial charge >= 0.3 is 0 Å². The minimum Gasteiger partial charge on any atom is -0.271 e. The van der Waals surface area contributed by atoms with Crippen molar-refractivity contribution in [3.8, 4) is 0 Å². The molecule has 0 aliphatic heterocycles. The molecule has 3 N–H and O–H groups in total. The Morgan fingerprint density at radius 2 is 1.83 bits per heavy atom. The highest BCUT2D eigenvalue weighted by Gasteiger charge is 2.26. The van der Waals surface area contributed by atoms with Crippen molar-refractivity contribution in [3.63, 3.8) is 0 Å². The lowest BCUT2D eigenvalue weighted by Gasteiger charge is -2.34. The topological polar surface area (TPSA) is 38.0 Å². The van der Waals surface area contributed by atoms with E-state index in [1.807, 2.05) is 0 Å². The molecule has 18 heavy (non-hydrogen) atoms. The molecule has 0 aromatic heterocycles. The van der Waals surface area contributed by atoms with E-state index in [-0.39, 0.29) is 0 Å². The van der Waals surface area contributed by atoms with Crippen molar-refractivity contribution in [1.29, 1.82) is 0 Å². The van der Waals surface area contributed by atoms with Crippen LogP contribution in [0.2, 0.25) is 0 Å². The summed E-state index contributed by atoms with van der Waals surface area (Å²) in [7, 11) is 0. The van der Waals surface area contributed by atoms with Crippen molar-refractivity contribution in [2.24, 2.45) is 23.6 Å². The van der Waals surface area contributed by atoms with Gasteiger partial charge in [0.05, 0.1) is 0 Å². The van der Waals surface area contributed by atoms with Crippen molar-refractivity contribution < 1.29 is 0 Å². The summed E-state index contributed by atoms with van der Waals surface area (Å²) in [5, 5.41) is 0. The molecule has 108 valence electrons. The Morgan fingerprint density at radius 1 is 1.17 bits per heavy atom. The average Bonchev–Trinajstić information content (AvgIpc) is 2.40. The van der Waals surface area contributed by atoms with Gasteiger partial charge < -0.3 is 0 Å². The number of hydrogen-bond acceptors (Lipinski definition) is 2. The zero-order chi connectivity index (χ0) is 13.4. The number of nitrogens with two attached hydrogens (primary N) is 1. The molecule has 1 aliphatic carbocycles. The highest BCUT2D eigenvalue weighted by Crippen LogP contribution is 2.33. The maximum absolute atomic E-state index is 5.82. The lowest BCUT2D eigenvalue weighted by Crippen LogP contribution is -2.43. The van der Waals surface area contributed by atoms with Gasteiger partial charge in [0.25, 0.3) is 0 Å². The third kappa shape index (κ3) is 5.27. The molecule has 1 saturated carbocycles. The molecule has 1 rings (SSSR count). The predicted molar refractivity (Wildman–Crippen MR) is 80.2 cm³/mol. The fourth-order valence-electron chi connectivity index (χ4n) is 3.43. The Bertz CT molecular complexity index is 197. The van der Waals surface area contributed by atoms with E-state index in [1.54, 1.807) is 0 Å². The Kier molecular flexibility index (Phi) is 7.92. The highest BCUT2D eigenvalue weighted by molar-refractivity contribution is 4.81. The summed E-state index contributed by atoms with van der Waals surface area (Å²) in [6, 6.07) is 0.555. The Morgan fingerprint density at radius 3 is 2.33 bits per heavy atom. The SMILES string of the molecule is CCCCC(CC)CC(NN)C1CCC(C)CC1. The van der Waals surface area contributed by atoms with Crippen LogP contribution in [0.3, 0.4) is 0 Å².